The molecule has 112 valence electrons. The summed E-state index contributed by atoms with van der Waals surface area (Å²) in [6, 6.07) is 7.92. The number of allylic oxidation sites excluding steroid dienone is 1. The largest absolute Gasteiger partial charge is 0.481 e. The number of para-hydroxylation sites is 1. The number of nitrogens with zero attached hydrogens (tertiary/aromatic N) is 3. The first-order valence-electron chi connectivity index (χ1n) is 6.89. The van der Waals surface area contributed by atoms with Crippen molar-refractivity contribution < 1.29 is 9.90 Å². The molecule has 3 rings (SSSR count). The molecule has 0 atom stereocenters. The van der Waals surface area contributed by atoms with E-state index >= 15 is 0 Å². The van der Waals surface area contributed by atoms with Crippen molar-refractivity contribution in [2.45, 2.75) is 12.8 Å². The zero-order valence-electron chi connectivity index (χ0n) is 12.1. The Kier molecular flexibility index (Phi) is 4.02. The second-order valence-electron chi connectivity index (χ2n) is 5.00. The minimum atomic E-state index is -0.807. The summed E-state index contributed by atoms with van der Waals surface area (Å²) in [7, 11) is 1.85. The van der Waals surface area contributed by atoms with Gasteiger partial charge in [0.2, 0.25) is 0 Å². The summed E-state index contributed by atoms with van der Waals surface area (Å²) in [4.78, 5) is 15.5. The number of hydrogen-bond donors (Lipinski definition) is 1. The number of aliphatic carboxylic acids is 1. The van der Waals surface area contributed by atoms with Crippen molar-refractivity contribution in [1.82, 2.24) is 14.8 Å². The van der Waals surface area contributed by atoms with E-state index in [1.54, 1.807) is 22.2 Å². The highest BCUT2D eigenvalue weighted by atomic mass is 32.1. The number of carboxylic acids is 1. The fraction of sp³-hybridized carbons (Fsp3) is 0.188. The van der Waals surface area contributed by atoms with Gasteiger partial charge in [0.05, 0.1) is 16.4 Å². The molecule has 0 aliphatic carbocycles. The van der Waals surface area contributed by atoms with E-state index in [0.717, 1.165) is 26.4 Å². The summed E-state index contributed by atoms with van der Waals surface area (Å²) in [6.45, 7) is 0. The molecule has 3 aromatic rings. The predicted molar refractivity (Wildman–Crippen MR) is 87.6 cm³/mol. The summed E-state index contributed by atoms with van der Waals surface area (Å²) in [5, 5.41) is 14.0. The van der Waals surface area contributed by atoms with E-state index in [2.05, 4.69) is 10.1 Å². The van der Waals surface area contributed by atoms with E-state index in [1.807, 2.05) is 43.6 Å². The van der Waals surface area contributed by atoms with Crippen LogP contribution in [0, 0.1) is 0 Å². The Hall–Kier alpha value is -2.47. The van der Waals surface area contributed by atoms with Crippen LogP contribution in [0.15, 0.2) is 36.7 Å². The molecule has 0 bridgehead atoms. The van der Waals surface area contributed by atoms with E-state index < -0.39 is 5.97 Å². The van der Waals surface area contributed by atoms with Crippen LogP contribution < -0.4 is 0 Å². The zero-order valence-corrected chi connectivity index (χ0v) is 12.9. The maximum Gasteiger partial charge on any atom is 0.303 e. The van der Waals surface area contributed by atoms with Crippen molar-refractivity contribution in [3.8, 4) is 0 Å². The molecule has 0 aliphatic heterocycles. The van der Waals surface area contributed by atoms with Gasteiger partial charge in [0.25, 0.3) is 0 Å². The van der Waals surface area contributed by atoms with Gasteiger partial charge in [-0.25, -0.2) is 4.98 Å². The van der Waals surface area contributed by atoms with Crippen molar-refractivity contribution in [3.63, 3.8) is 0 Å². The Balaban J connectivity index is 1.99. The molecule has 6 heteroatoms. The molecule has 0 spiro atoms. The minimum absolute atomic E-state index is 0.0853. The third-order valence-electron chi connectivity index (χ3n) is 3.24. The van der Waals surface area contributed by atoms with Crippen molar-refractivity contribution in [2.24, 2.45) is 7.05 Å². The highest BCUT2D eigenvalue weighted by Crippen LogP contribution is 2.30. The smallest absolute Gasteiger partial charge is 0.303 e. The molecule has 0 saturated heterocycles. The van der Waals surface area contributed by atoms with Crippen LogP contribution in [-0.2, 0) is 11.8 Å². The lowest BCUT2D eigenvalue weighted by Gasteiger charge is -2.01. The number of hydrogen-bond acceptors (Lipinski definition) is 4. The van der Waals surface area contributed by atoms with Gasteiger partial charge in [-0.1, -0.05) is 12.1 Å². The molecule has 5 nitrogen and oxygen atoms in total. The lowest BCUT2D eigenvalue weighted by atomic mass is 10.1. The monoisotopic (exact) mass is 313 g/mol. The van der Waals surface area contributed by atoms with Crippen molar-refractivity contribution >= 4 is 39.2 Å². The van der Waals surface area contributed by atoms with Gasteiger partial charge in [-0.2, -0.15) is 5.10 Å². The Morgan fingerprint density at radius 3 is 2.86 bits per heavy atom. The van der Waals surface area contributed by atoms with Crippen molar-refractivity contribution in [1.29, 1.82) is 0 Å². The Labute approximate surface area is 131 Å². The first kappa shape index (κ1) is 14.5. The number of rotatable bonds is 5. The van der Waals surface area contributed by atoms with Crippen LogP contribution in [0.1, 0.15) is 23.4 Å². The molecule has 2 aromatic heterocycles. The SMILES string of the molecule is Cn1cc(/C=C(/CCC(=O)O)c2nc3ccccc3s2)cn1. The van der Waals surface area contributed by atoms with Crippen LogP contribution in [0.5, 0.6) is 0 Å². The van der Waals surface area contributed by atoms with Gasteiger partial charge >= 0.3 is 5.97 Å². The standard InChI is InChI=1S/C16H15N3O2S/c1-19-10-11(9-17-19)8-12(6-7-15(20)21)16-18-13-4-2-3-5-14(13)22-16/h2-5,8-10H,6-7H2,1H3,(H,20,21)/b12-8-. The normalized spacial score (nSPS) is 12.0. The lowest BCUT2D eigenvalue weighted by molar-refractivity contribution is -0.136. The summed E-state index contributed by atoms with van der Waals surface area (Å²) in [5.74, 6) is -0.807. The van der Waals surface area contributed by atoms with Gasteiger partial charge < -0.3 is 5.11 Å². The fourth-order valence-corrected chi connectivity index (χ4v) is 3.22. The second-order valence-corrected chi connectivity index (χ2v) is 6.03. The van der Waals surface area contributed by atoms with Gasteiger partial charge in [0, 0.05) is 25.2 Å². The Bertz CT molecular complexity index is 815. The Morgan fingerprint density at radius 2 is 2.18 bits per heavy atom. The van der Waals surface area contributed by atoms with E-state index in [0.29, 0.717) is 6.42 Å². The average Bonchev–Trinajstić information content (AvgIpc) is 3.09. The molecule has 0 aliphatic rings. The topological polar surface area (TPSA) is 68.0 Å². The summed E-state index contributed by atoms with van der Waals surface area (Å²) < 4.78 is 2.82. The average molecular weight is 313 g/mol. The first-order chi connectivity index (χ1) is 10.6. The van der Waals surface area contributed by atoms with Gasteiger partial charge in [-0.05, 0) is 30.2 Å². The second kappa shape index (κ2) is 6.11. The van der Waals surface area contributed by atoms with Gasteiger partial charge in [-0.15, -0.1) is 11.3 Å². The number of aromatic nitrogens is 3. The molecule has 1 aromatic carbocycles. The number of thiazole rings is 1. The third kappa shape index (κ3) is 3.23. The van der Waals surface area contributed by atoms with E-state index in [1.165, 1.54) is 0 Å². The van der Waals surface area contributed by atoms with Crippen LogP contribution in [0.25, 0.3) is 21.9 Å². The van der Waals surface area contributed by atoms with Gasteiger partial charge in [-0.3, -0.25) is 9.48 Å². The van der Waals surface area contributed by atoms with Crippen molar-refractivity contribution in [2.75, 3.05) is 0 Å². The predicted octanol–water partition coefficient (Wildman–Crippen LogP) is 3.44. The highest BCUT2D eigenvalue weighted by molar-refractivity contribution is 7.19. The lowest BCUT2D eigenvalue weighted by Crippen LogP contribution is -1.95. The minimum Gasteiger partial charge on any atom is -0.481 e. The van der Waals surface area contributed by atoms with Crippen LogP contribution in [0.2, 0.25) is 0 Å². The van der Waals surface area contributed by atoms with E-state index in [9.17, 15) is 4.79 Å². The van der Waals surface area contributed by atoms with Gasteiger partial charge in [0.1, 0.15) is 5.01 Å². The summed E-state index contributed by atoms with van der Waals surface area (Å²) in [5.41, 5.74) is 2.81. The zero-order chi connectivity index (χ0) is 15.5. The number of aryl methyl sites for hydroxylation is 1. The van der Waals surface area contributed by atoms with Crippen LogP contribution in [0.3, 0.4) is 0 Å². The quantitative estimate of drug-likeness (QED) is 0.783. The molecular formula is C16H15N3O2S. The number of benzene rings is 1. The maximum atomic E-state index is 10.9. The summed E-state index contributed by atoms with van der Waals surface area (Å²) >= 11 is 1.58. The molecule has 1 N–H and O–H groups in total. The molecular weight excluding hydrogens is 298 g/mol. The molecule has 0 amide bonds. The molecule has 22 heavy (non-hydrogen) atoms. The fourth-order valence-electron chi connectivity index (χ4n) is 2.21. The van der Waals surface area contributed by atoms with Crippen LogP contribution in [0.4, 0.5) is 0 Å². The summed E-state index contributed by atoms with van der Waals surface area (Å²) in [6.07, 6.45) is 6.15. The van der Waals surface area contributed by atoms with E-state index in [-0.39, 0.29) is 6.42 Å². The maximum absolute atomic E-state index is 10.9. The van der Waals surface area contributed by atoms with Crippen LogP contribution in [-0.4, -0.2) is 25.8 Å². The Morgan fingerprint density at radius 1 is 1.36 bits per heavy atom. The highest BCUT2D eigenvalue weighted by Gasteiger charge is 2.11. The molecule has 0 fully saturated rings. The van der Waals surface area contributed by atoms with E-state index in [4.69, 9.17) is 5.11 Å². The van der Waals surface area contributed by atoms with Crippen molar-refractivity contribution in [3.05, 3.63) is 47.2 Å². The molecule has 0 radical (unpaired) electrons. The number of carbonyl (C=O) groups is 1. The molecule has 0 saturated carbocycles. The number of carboxylic acid groups (broad SMARTS) is 1. The molecule has 0 unspecified atom stereocenters. The first-order valence-corrected chi connectivity index (χ1v) is 7.70. The van der Waals surface area contributed by atoms with Crippen LogP contribution >= 0.6 is 11.3 Å². The number of fused-ring (bicyclic) bond motifs is 1. The third-order valence-corrected chi connectivity index (χ3v) is 4.35. The van der Waals surface area contributed by atoms with Gasteiger partial charge in [0.15, 0.2) is 0 Å². The molecule has 2 heterocycles.